The molecule has 4 heteroatoms. The number of ketones is 2. The predicted molar refractivity (Wildman–Crippen MR) is 112 cm³/mol. The fourth-order valence-electron chi connectivity index (χ4n) is 3.67. The number of H-pyrrole nitrogens is 1. The van der Waals surface area contributed by atoms with Crippen molar-refractivity contribution in [3.63, 3.8) is 0 Å². The zero-order valence-electron chi connectivity index (χ0n) is 16.8. The molecule has 0 aliphatic carbocycles. The van der Waals surface area contributed by atoms with E-state index >= 15 is 0 Å². The number of nitrogens with one attached hydrogen (secondary N) is 2. The molecule has 2 N–H and O–H groups in total. The van der Waals surface area contributed by atoms with Crippen molar-refractivity contribution in [2.24, 2.45) is 0 Å². The van der Waals surface area contributed by atoms with Crippen LogP contribution in [-0.4, -0.2) is 23.1 Å². The molecular weight excluding hydrogens is 348 g/mol. The Hall–Kier alpha value is -2.98. The third-order valence-corrected chi connectivity index (χ3v) is 5.08. The number of hydrogen-bond acceptors (Lipinski definition) is 3. The van der Waals surface area contributed by atoms with Gasteiger partial charge < -0.3 is 4.98 Å². The molecule has 0 amide bonds. The fourth-order valence-corrected chi connectivity index (χ4v) is 3.67. The Bertz CT molecular complexity index is 985. The van der Waals surface area contributed by atoms with Crippen LogP contribution in [0, 0.1) is 20.8 Å². The molecule has 0 spiro atoms. The van der Waals surface area contributed by atoms with E-state index in [1.165, 1.54) is 12.5 Å². The molecule has 3 aromatic rings. The number of aryl methyl sites for hydroxylation is 2. The standard InChI is InChI=1S/C24H26N2O2/c1-15-10-12-20(13-11-15)24(19-8-6-5-7-9-19)25-14-21(28)23-16(2)22(18(4)27)17(3)26-23/h5-13,24-26H,14H2,1-4H3/t24-/m1/s1. The van der Waals surface area contributed by atoms with Gasteiger partial charge in [0.2, 0.25) is 0 Å². The quantitative estimate of drug-likeness (QED) is 0.589. The van der Waals surface area contributed by atoms with Crippen molar-refractivity contribution in [3.05, 3.63) is 93.8 Å². The summed E-state index contributed by atoms with van der Waals surface area (Å²) in [6.45, 7) is 7.40. The molecule has 1 atom stereocenters. The Morgan fingerprint density at radius 1 is 0.929 bits per heavy atom. The Labute approximate surface area is 166 Å². The largest absolute Gasteiger partial charge is 0.355 e. The molecule has 1 heterocycles. The van der Waals surface area contributed by atoms with E-state index in [0.717, 1.165) is 22.4 Å². The number of aromatic amines is 1. The van der Waals surface area contributed by atoms with E-state index in [4.69, 9.17) is 0 Å². The molecule has 3 rings (SSSR count). The SMILES string of the molecule is CC(=O)c1c(C)[nH]c(C(=O)CN[C@H](c2ccccc2)c2ccc(C)cc2)c1C. The van der Waals surface area contributed by atoms with Crippen LogP contribution in [0.25, 0.3) is 0 Å². The molecule has 0 aliphatic rings. The van der Waals surface area contributed by atoms with Gasteiger partial charge >= 0.3 is 0 Å². The zero-order valence-corrected chi connectivity index (χ0v) is 16.8. The van der Waals surface area contributed by atoms with Crippen molar-refractivity contribution in [2.75, 3.05) is 6.54 Å². The van der Waals surface area contributed by atoms with Crippen LogP contribution in [0.4, 0.5) is 0 Å². The predicted octanol–water partition coefficient (Wildman–Crippen LogP) is 4.70. The molecule has 0 bridgehead atoms. The first-order valence-electron chi connectivity index (χ1n) is 9.46. The lowest BCUT2D eigenvalue weighted by Gasteiger charge is -2.20. The highest BCUT2D eigenvalue weighted by Gasteiger charge is 2.21. The van der Waals surface area contributed by atoms with E-state index in [-0.39, 0.29) is 24.2 Å². The Kier molecular flexibility index (Phi) is 5.90. The van der Waals surface area contributed by atoms with Crippen LogP contribution in [0.15, 0.2) is 54.6 Å². The van der Waals surface area contributed by atoms with Gasteiger partial charge in [-0.25, -0.2) is 0 Å². The minimum atomic E-state index is -0.0885. The summed E-state index contributed by atoms with van der Waals surface area (Å²) in [7, 11) is 0. The third kappa shape index (κ3) is 4.12. The van der Waals surface area contributed by atoms with Crippen LogP contribution in [0.3, 0.4) is 0 Å². The summed E-state index contributed by atoms with van der Waals surface area (Å²) in [4.78, 5) is 27.8. The van der Waals surface area contributed by atoms with Crippen LogP contribution in [0.5, 0.6) is 0 Å². The van der Waals surface area contributed by atoms with Crippen molar-refractivity contribution in [1.29, 1.82) is 0 Å². The normalized spacial score (nSPS) is 12.0. The van der Waals surface area contributed by atoms with E-state index in [9.17, 15) is 9.59 Å². The first-order chi connectivity index (χ1) is 13.4. The van der Waals surface area contributed by atoms with Gasteiger partial charge in [-0.15, -0.1) is 0 Å². The maximum absolute atomic E-state index is 12.9. The minimum absolute atomic E-state index is 0.0277. The van der Waals surface area contributed by atoms with Gasteiger partial charge in [-0.05, 0) is 44.4 Å². The summed E-state index contributed by atoms with van der Waals surface area (Å²) in [6, 6.07) is 18.3. The van der Waals surface area contributed by atoms with Crippen LogP contribution >= 0.6 is 0 Å². The van der Waals surface area contributed by atoms with Gasteiger partial charge in [-0.2, -0.15) is 0 Å². The smallest absolute Gasteiger partial charge is 0.193 e. The van der Waals surface area contributed by atoms with Crippen molar-refractivity contribution < 1.29 is 9.59 Å². The van der Waals surface area contributed by atoms with E-state index in [2.05, 4.69) is 53.6 Å². The molecule has 144 valence electrons. The number of hydrogen-bond donors (Lipinski definition) is 2. The lowest BCUT2D eigenvalue weighted by atomic mass is 9.97. The van der Waals surface area contributed by atoms with Gasteiger partial charge in [0, 0.05) is 11.3 Å². The van der Waals surface area contributed by atoms with Crippen LogP contribution in [0.2, 0.25) is 0 Å². The molecular formula is C24H26N2O2. The summed E-state index contributed by atoms with van der Waals surface area (Å²) >= 11 is 0. The Morgan fingerprint density at radius 2 is 1.54 bits per heavy atom. The maximum atomic E-state index is 12.9. The van der Waals surface area contributed by atoms with Gasteiger partial charge in [0.1, 0.15) is 0 Å². The van der Waals surface area contributed by atoms with Crippen LogP contribution in [-0.2, 0) is 0 Å². The summed E-state index contributed by atoms with van der Waals surface area (Å²) in [6.07, 6.45) is 0. The summed E-state index contributed by atoms with van der Waals surface area (Å²) in [5, 5.41) is 3.40. The number of benzene rings is 2. The number of aromatic nitrogens is 1. The van der Waals surface area contributed by atoms with Crippen LogP contribution in [0.1, 0.15) is 61.8 Å². The number of rotatable bonds is 7. The summed E-state index contributed by atoms with van der Waals surface area (Å²) < 4.78 is 0. The van der Waals surface area contributed by atoms with Crippen molar-refractivity contribution in [1.82, 2.24) is 10.3 Å². The first kappa shape index (κ1) is 19.8. The highest BCUT2D eigenvalue weighted by Crippen LogP contribution is 2.23. The number of carbonyl (C=O) groups excluding carboxylic acids is 2. The highest BCUT2D eigenvalue weighted by molar-refractivity contribution is 6.03. The summed E-state index contributed by atoms with van der Waals surface area (Å²) in [5.74, 6) is -0.0822. The molecule has 4 nitrogen and oxygen atoms in total. The Morgan fingerprint density at radius 3 is 2.11 bits per heavy atom. The molecule has 28 heavy (non-hydrogen) atoms. The van der Waals surface area contributed by atoms with Gasteiger partial charge in [0.05, 0.1) is 18.3 Å². The zero-order chi connectivity index (χ0) is 20.3. The van der Waals surface area contributed by atoms with Crippen molar-refractivity contribution in [2.45, 2.75) is 33.7 Å². The van der Waals surface area contributed by atoms with Gasteiger partial charge in [0.25, 0.3) is 0 Å². The molecule has 0 fully saturated rings. The number of carbonyl (C=O) groups is 2. The lowest BCUT2D eigenvalue weighted by molar-refractivity contribution is 0.0983. The molecule has 1 aromatic heterocycles. The van der Waals surface area contributed by atoms with Gasteiger partial charge in [0.15, 0.2) is 11.6 Å². The van der Waals surface area contributed by atoms with E-state index in [1.54, 1.807) is 0 Å². The Balaban J connectivity index is 1.84. The van der Waals surface area contributed by atoms with Gasteiger partial charge in [-0.3, -0.25) is 14.9 Å². The minimum Gasteiger partial charge on any atom is -0.355 e. The second-order valence-corrected chi connectivity index (χ2v) is 7.24. The van der Waals surface area contributed by atoms with Crippen LogP contribution < -0.4 is 5.32 Å². The highest BCUT2D eigenvalue weighted by atomic mass is 16.1. The third-order valence-electron chi connectivity index (χ3n) is 5.08. The molecule has 0 saturated heterocycles. The number of Topliss-reactive ketones (excluding diaryl/α,β-unsaturated/α-hetero) is 2. The monoisotopic (exact) mass is 374 g/mol. The van der Waals surface area contributed by atoms with E-state index in [1.807, 2.05) is 32.0 Å². The van der Waals surface area contributed by atoms with Crippen molar-refractivity contribution >= 4 is 11.6 Å². The topological polar surface area (TPSA) is 62.0 Å². The van der Waals surface area contributed by atoms with Crippen molar-refractivity contribution in [3.8, 4) is 0 Å². The molecule has 2 aromatic carbocycles. The average Bonchev–Trinajstić information content (AvgIpc) is 2.98. The fraction of sp³-hybridized carbons (Fsp3) is 0.250. The second-order valence-electron chi connectivity index (χ2n) is 7.24. The second kappa shape index (κ2) is 8.36. The van der Waals surface area contributed by atoms with Gasteiger partial charge in [-0.1, -0.05) is 60.2 Å². The van der Waals surface area contributed by atoms with E-state index < -0.39 is 0 Å². The molecule has 0 unspecified atom stereocenters. The first-order valence-corrected chi connectivity index (χ1v) is 9.46. The van der Waals surface area contributed by atoms with E-state index in [0.29, 0.717) is 11.3 Å². The molecule has 0 saturated carbocycles. The molecule has 0 radical (unpaired) electrons. The lowest BCUT2D eigenvalue weighted by Crippen LogP contribution is -2.29. The average molecular weight is 374 g/mol. The maximum Gasteiger partial charge on any atom is 0.193 e. The molecule has 0 aliphatic heterocycles. The summed E-state index contributed by atoms with van der Waals surface area (Å²) in [5.41, 5.74) is 5.99.